The van der Waals surface area contributed by atoms with E-state index in [9.17, 15) is 4.79 Å². The Labute approximate surface area is 97.5 Å². The smallest absolute Gasteiger partial charge is 0.314 e. The Morgan fingerprint density at radius 1 is 1.44 bits per heavy atom. The van der Waals surface area contributed by atoms with Gasteiger partial charge in [0.2, 0.25) is 0 Å². The quantitative estimate of drug-likeness (QED) is 0.678. The van der Waals surface area contributed by atoms with E-state index in [0.29, 0.717) is 18.4 Å². The summed E-state index contributed by atoms with van der Waals surface area (Å²) < 4.78 is 10.7. The van der Waals surface area contributed by atoms with Gasteiger partial charge in [-0.15, -0.1) is 0 Å². The first-order valence-electron chi connectivity index (χ1n) is 6.30. The highest BCUT2D eigenvalue weighted by atomic mass is 16.5. The maximum atomic E-state index is 12.0. The molecule has 16 heavy (non-hydrogen) atoms. The molecule has 0 radical (unpaired) electrons. The monoisotopic (exact) mass is 226 g/mol. The van der Waals surface area contributed by atoms with E-state index in [2.05, 4.69) is 13.8 Å². The number of rotatable bonds is 2. The van der Waals surface area contributed by atoms with Gasteiger partial charge in [-0.3, -0.25) is 4.79 Å². The van der Waals surface area contributed by atoms with Gasteiger partial charge < -0.3 is 9.47 Å². The molecule has 2 fully saturated rings. The third kappa shape index (κ3) is 1.75. The van der Waals surface area contributed by atoms with Crippen LogP contribution in [0.15, 0.2) is 0 Å². The largest absolute Gasteiger partial charge is 0.469 e. The molecular formula is C13H22O3. The van der Waals surface area contributed by atoms with Crippen molar-refractivity contribution in [1.29, 1.82) is 0 Å². The molecule has 1 saturated carbocycles. The third-order valence-electron chi connectivity index (χ3n) is 4.44. The molecule has 1 aliphatic heterocycles. The number of methoxy groups -OCH3 is 1. The summed E-state index contributed by atoms with van der Waals surface area (Å²) in [4.78, 5) is 12.0. The van der Waals surface area contributed by atoms with Crippen LogP contribution in [0.25, 0.3) is 0 Å². The molecule has 2 aliphatic rings. The summed E-state index contributed by atoms with van der Waals surface area (Å²) in [5, 5.41) is 0. The van der Waals surface area contributed by atoms with Crippen molar-refractivity contribution in [3.63, 3.8) is 0 Å². The number of ether oxygens (including phenoxy) is 2. The second kappa shape index (κ2) is 4.36. The number of carbonyl (C=O) groups is 1. The molecule has 92 valence electrons. The molecule has 0 aromatic carbocycles. The van der Waals surface area contributed by atoms with Crippen molar-refractivity contribution in [2.45, 2.75) is 45.6 Å². The lowest BCUT2D eigenvalue weighted by Crippen LogP contribution is -2.45. The fraction of sp³-hybridized carbons (Fsp3) is 0.923. The second-order valence-electron chi connectivity index (χ2n) is 5.54. The van der Waals surface area contributed by atoms with E-state index in [4.69, 9.17) is 9.47 Å². The van der Waals surface area contributed by atoms with Crippen LogP contribution in [-0.4, -0.2) is 25.8 Å². The predicted molar refractivity (Wildman–Crippen MR) is 61.0 cm³/mol. The van der Waals surface area contributed by atoms with Crippen molar-refractivity contribution in [2.75, 3.05) is 13.7 Å². The number of esters is 1. The maximum Gasteiger partial charge on any atom is 0.314 e. The summed E-state index contributed by atoms with van der Waals surface area (Å²) in [6, 6.07) is 0. The maximum absolute atomic E-state index is 12.0. The van der Waals surface area contributed by atoms with Crippen molar-refractivity contribution < 1.29 is 14.3 Å². The highest BCUT2D eigenvalue weighted by Crippen LogP contribution is 2.50. The normalized spacial score (nSPS) is 38.5. The molecule has 0 spiro atoms. The van der Waals surface area contributed by atoms with Crippen LogP contribution in [0.4, 0.5) is 0 Å². The lowest BCUT2D eigenvalue weighted by molar-refractivity contribution is -0.161. The molecule has 2 rings (SSSR count). The lowest BCUT2D eigenvalue weighted by atomic mass is 9.64. The molecule has 0 bridgehead atoms. The SMILES string of the molecule is COC(=O)[C@]12CCO[C@@H]1CC[C@H](C(C)C)C2. The Hall–Kier alpha value is -0.570. The zero-order valence-corrected chi connectivity index (χ0v) is 10.5. The van der Waals surface area contributed by atoms with Crippen LogP contribution in [0.3, 0.4) is 0 Å². The van der Waals surface area contributed by atoms with Gasteiger partial charge >= 0.3 is 5.97 Å². The van der Waals surface area contributed by atoms with Gasteiger partial charge in [-0.25, -0.2) is 0 Å². The zero-order chi connectivity index (χ0) is 11.8. The van der Waals surface area contributed by atoms with E-state index < -0.39 is 0 Å². The minimum absolute atomic E-state index is 0.0552. The highest BCUT2D eigenvalue weighted by Gasteiger charge is 2.54. The van der Waals surface area contributed by atoms with Crippen molar-refractivity contribution in [1.82, 2.24) is 0 Å². The van der Waals surface area contributed by atoms with Gasteiger partial charge in [0.15, 0.2) is 0 Å². The number of hydrogen-bond acceptors (Lipinski definition) is 3. The van der Waals surface area contributed by atoms with E-state index in [0.717, 1.165) is 19.3 Å². The standard InChI is InChI=1S/C13H22O3/c1-9(2)10-4-5-11-13(8-10,6-7-16-11)12(14)15-3/h9-11H,4-8H2,1-3H3/t10-,11+,13-/m0/s1. The topological polar surface area (TPSA) is 35.5 Å². The van der Waals surface area contributed by atoms with Gasteiger partial charge in [-0.1, -0.05) is 13.8 Å². The molecular weight excluding hydrogens is 204 g/mol. The van der Waals surface area contributed by atoms with E-state index in [1.807, 2.05) is 0 Å². The highest BCUT2D eigenvalue weighted by molar-refractivity contribution is 5.78. The third-order valence-corrected chi connectivity index (χ3v) is 4.44. The summed E-state index contributed by atoms with van der Waals surface area (Å²) in [5.74, 6) is 1.22. The zero-order valence-electron chi connectivity index (χ0n) is 10.5. The number of carbonyl (C=O) groups excluding carboxylic acids is 1. The van der Waals surface area contributed by atoms with Crippen molar-refractivity contribution in [3.8, 4) is 0 Å². The number of fused-ring (bicyclic) bond motifs is 1. The molecule has 1 aliphatic carbocycles. The number of hydrogen-bond donors (Lipinski definition) is 0. The minimum Gasteiger partial charge on any atom is -0.469 e. The van der Waals surface area contributed by atoms with Crippen LogP contribution >= 0.6 is 0 Å². The fourth-order valence-corrected chi connectivity index (χ4v) is 3.32. The molecule has 3 heteroatoms. The Morgan fingerprint density at radius 3 is 2.81 bits per heavy atom. The Bertz CT molecular complexity index is 274. The van der Waals surface area contributed by atoms with Crippen LogP contribution in [0.5, 0.6) is 0 Å². The van der Waals surface area contributed by atoms with Crippen molar-refractivity contribution in [3.05, 3.63) is 0 Å². The van der Waals surface area contributed by atoms with Gasteiger partial charge in [0.1, 0.15) is 0 Å². The molecule has 3 atom stereocenters. The molecule has 1 saturated heterocycles. The Balaban J connectivity index is 2.19. The molecule has 3 nitrogen and oxygen atoms in total. The van der Waals surface area contributed by atoms with Crippen molar-refractivity contribution in [2.24, 2.45) is 17.3 Å². The average molecular weight is 226 g/mol. The van der Waals surface area contributed by atoms with Gasteiger partial charge in [0.05, 0.1) is 18.6 Å². The fourth-order valence-electron chi connectivity index (χ4n) is 3.32. The summed E-state index contributed by atoms with van der Waals surface area (Å²) in [6.45, 7) is 5.20. The first-order valence-corrected chi connectivity index (χ1v) is 6.30. The van der Waals surface area contributed by atoms with Crippen LogP contribution < -0.4 is 0 Å². The first kappa shape index (κ1) is 11.9. The molecule has 0 aromatic heterocycles. The molecule has 0 N–H and O–H groups in total. The minimum atomic E-state index is -0.331. The molecule has 0 amide bonds. The van der Waals surface area contributed by atoms with Gasteiger partial charge in [0.25, 0.3) is 0 Å². The van der Waals surface area contributed by atoms with Gasteiger partial charge in [-0.2, -0.15) is 0 Å². The molecule has 0 unspecified atom stereocenters. The van der Waals surface area contributed by atoms with Crippen LogP contribution in [0.1, 0.15) is 39.5 Å². The van der Waals surface area contributed by atoms with Crippen LogP contribution in [-0.2, 0) is 14.3 Å². The predicted octanol–water partition coefficient (Wildman–Crippen LogP) is 2.39. The van der Waals surface area contributed by atoms with E-state index in [1.54, 1.807) is 0 Å². The van der Waals surface area contributed by atoms with E-state index in [1.165, 1.54) is 13.5 Å². The summed E-state index contributed by atoms with van der Waals surface area (Å²) in [5.41, 5.74) is -0.331. The van der Waals surface area contributed by atoms with Crippen LogP contribution in [0.2, 0.25) is 0 Å². The van der Waals surface area contributed by atoms with E-state index in [-0.39, 0.29) is 17.5 Å². The summed E-state index contributed by atoms with van der Waals surface area (Å²) in [7, 11) is 1.49. The molecule has 0 aromatic rings. The Morgan fingerprint density at radius 2 is 2.19 bits per heavy atom. The van der Waals surface area contributed by atoms with Gasteiger partial charge in [-0.05, 0) is 37.5 Å². The summed E-state index contributed by atoms with van der Waals surface area (Å²) in [6.07, 6.45) is 4.09. The van der Waals surface area contributed by atoms with Crippen molar-refractivity contribution >= 4 is 5.97 Å². The van der Waals surface area contributed by atoms with E-state index >= 15 is 0 Å². The van der Waals surface area contributed by atoms with Gasteiger partial charge in [0, 0.05) is 6.61 Å². The van der Waals surface area contributed by atoms with Crippen LogP contribution in [0, 0.1) is 17.3 Å². The Kier molecular flexibility index (Phi) is 3.24. The lowest BCUT2D eigenvalue weighted by Gasteiger charge is -2.40. The second-order valence-corrected chi connectivity index (χ2v) is 5.54. The molecule has 1 heterocycles. The summed E-state index contributed by atoms with van der Waals surface area (Å²) >= 11 is 0. The first-order chi connectivity index (χ1) is 7.60. The average Bonchev–Trinajstić information content (AvgIpc) is 2.71.